The molecule has 2 aromatic carbocycles. The van der Waals surface area contributed by atoms with Gasteiger partial charge in [-0.1, -0.05) is 19.1 Å². The van der Waals surface area contributed by atoms with Crippen LogP contribution in [0.2, 0.25) is 0 Å². The summed E-state index contributed by atoms with van der Waals surface area (Å²) in [5.74, 6) is -0.536. The number of aromatic hydroxyl groups is 2. The van der Waals surface area contributed by atoms with Crippen molar-refractivity contribution in [3.63, 3.8) is 0 Å². The Labute approximate surface area is 133 Å². The van der Waals surface area contributed by atoms with Crippen molar-refractivity contribution in [1.82, 2.24) is 0 Å². The fourth-order valence-corrected chi connectivity index (χ4v) is 3.43. The maximum atomic E-state index is 11.6. The lowest BCUT2D eigenvalue weighted by molar-refractivity contribution is 0.143. The fourth-order valence-electron chi connectivity index (χ4n) is 2.62. The Kier molecular flexibility index (Phi) is 5.12. The molecule has 0 saturated carbocycles. The average Bonchev–Trinajstić information content (AvgIpc) is 2.48. The topological polar surface area (TPSA) is 118 Å². The molecule has 7 heteroatoms. The lowest BCUT2D eigenvalue weighted by Gasteiger charge is -2.25. The summed E-state index contributed by atoms with van der Waals surface area (Å²) >= 11 is 0. The maximum absolute atomic E-state index is 11.6. The van der Waals surface area contributed by atoms with E-state index in [4.69, 9.17) is 0 Å². The van der Waals surface area contributed by atoms with Crippen molar-refractivity contribution in [3.05, 3.63) is 53.6 Å². The summed E-state index contributed by atoms with van der Waals surface area (Å²) in [6.07, 6.45) is -0.707. The molecule has 2 aromatic rings. The van der Waals surface area contributed by atoms with Crippen LogP contribution in [0.5, 0.6) is 11.5 Å². The first-order valence-electron chi connectivity index (χ1n) is 7.10. The van der Waals surface area contributed by atoms with Crippen molar-refractivity contribution in [2.24, 2.45) is 0 Å². The normalized spacial score (nSPS) is 14.4. The first-order valence-corrected chi connectivity index (χ1v) is 8.71. The molecule has 0 aliphatic heterocycles. The van der Waals surface area contributed by atoms with Gasteiger partial charge in [0.05, 0.1) is 11.4 Å². The zero-order valence-corrected chi connectivity index (χ0v) is 13.4. The molecule has 2 rings (SSSR count). The Bertz CT molecular complexity index is 722. The fraction of sp³-hybridized carbons (Fsp3) is 0.250. The summed E-state index contributed by atoms with van der Waals surface area (Å²) in [6.45, 7) is 1.83. The molecule has 0 amide bonds. The van der Waals surface area contributed by atoms with Crippen LogP contribution in [0.3, 0.4) is 0 Å². The van der Waals surface area contributed by atoms with Crippen molar-refractivity contribution in [1.29, 1.82) is 0 Å². The highest BCUT2D eigenvalue weighted by Crippen LogP contribution is 2.41. The van der Waals surface area contributed by atoms with E-state index in [1.807, 2.05) is 6.92 Å². The van der Waals surface area contributed by atoms with Crippen molar-refractivity contribution in [2.45, 2.75) is 25.4 Å². The van der Waals surface area contributed by atoms with Crippen LogP contribution in [0.1, 0.15) is 36.5 Å². The van der Waals surface area contributed by atoms with Gasteiger partial charge >= 0.3 is 7.60 Å². The number of benzene rings is 2. The van der Waals surface area contributed by atoms with E-state index >= 15 is 0 Å². The van der Waals surface area contributed by atoms with Crippen LogP contribution in [-0.2, 0) is 4.57 Å². The Morgan fingerprint density at radius 1 is 1.00 bits per heavy atom. The maximum Gasteiger partial charge on any atom is 0.356 e. The van der Waals surface area contributed by atoms with Crippen molar-refractivity contribution in [3.8, 4) is 11.5 Å². The van der Waals surface area contributed by atoms with Crippen LogP contribution >= 0.6 is 7.60 Å². The molecule has 2 unspecified atom stereocenters. The van der Waals surface area contributed by atoms with E-state index in [1.54, 1.807) is 12.1 Å². The number of phenolic OH excluding ortho intramolecular Hbond substituents is 2. The predicted octanol–water partition coefficient (Wildman–Crippen LogP) is 2.13. The molecule has 0 aliphatic carbocycles. The molecular weight excluding hydrogens is 319 g/mol. The quantitative estimate of drug-likeness (QED) is 0.533. The second-order valence-electron chi connectivity index (χ2n) is 5.34. The summed E-state index contributed by atoms with van der Waals surface area (Å²) < 4.78 is 11.6. The molecular formula is C16H19O6P. The third-order valence-corrected chi connectivity index (χ3v) is 4.82. The van der Waals surface area contributed by atoms with Crippen LogP contribution in [0.15, 0.2) is 42.5 Å². The van der Waals surface area contributed by atoms with E-state index in [0.717, 1.165) is 11.6 Å². The minimum atomic E-state index is -4.59. The van der Waals surface area contributed by atoms with Gasteiger partial charge in [0.15, 0.2) is 0 Å². The highest BCUT2D eigenvalue weighted by Gasteiger charge is 2.30. The summed E-state index contributed by atoms with van der Waals surface area (Å²) in [4.78, 5) is 18.9. The Hall–Kier alpha value is -1.85. The van der Waals surface area contributed by atoms with Crippen LogP contribution in [-0.4, -0.2) is 25.1 Å². The van der Waals surface area contributed by atoms with Crippen LogP contribution in [0.4, 0.5) is 0 Å². The zero-order chi connectivity index (χ0) is 17.2. The first-order chi connectivity index (χ1) is 10.7. The van der Waals surface area contributed by atoms with Gasteiger partial charge in [0.2, 0.25) is 0 Å². The van der Waals surface area contributed by atoms with Crippen molar-refractivity contribution in [2.75, 3.05) is 0 Å². The van der Waals surface area contributed by atoms with Gasteiger partial charge in [-0.25, -0.2) is 0 Å². The molecule has 0 saturated heterocycles. The summed E-state index contributed by atoms with van der Waals surface area (Å²) in [5.41, 5.74) is 0.719. The highest BCUT2D eigenvalue weighted by molar-refractivity contribution is 7.60. The predicted molar refractivity (Wildman–Crippen MR) is 85.9 cm³/mol. The summed E-state index contributed by atoms with van der Waals surface area (Å²) in [5, 5.41) is 29.3. The summed E-state index contributed by atoms with van der Waals surface area (Å²) in [7, 11) is -4.59. The summed E-state index contributed by atoms with van der Waals surface area (Å²) in [6, 6.07) is 9.72. The lowest BCUT2D eigenvalue weighted by atomic mass is 9.87. The van der Waals surface area contributed by atoms with Gasteiger partial charge in [-0.05, 0) is 42.3 Å². The molecule has 0 bridgehead atoms. The Balaban J connectivity index is 2.49. The Morgan fingerprint density at radius 3 is 2.09 bits per heavy atom. The van der Waals surface area contributed by atoms with E-state index in [0.29, 0.717) is 6.42 Å². The van der Waals surface area contributed by atoms with Gasteiger partial charge < -0.3 is 25.1 Å². The van der Waals surface area contributed by atoms with Crippen LogP contribution < -0.4 is 5.30 Å². The highest BCUT2D eigenvalue weighted by atomic mass is 31.2. The minimum absolute atomic E-state index is 0.00161. The van der Waals surface area contributed by atoms with Crippen LogP contribution in [0, 0.1) is 0 Å². The minimum Gasteiger partial charge on any atom is -0.508 e. The number of hydrogen-bond acceptors (Lipinski definition) is 4. The molecule has 5 N–H and O–H groups in total. The number of aliphatic hydroxyl groups excluding tert-OH is 1. The van der Waals surface area contributed by atoms with Gasteiger partial charge in [0, 0.05) is 11.5 Å². The van der Waals surface area contributed by atoms with Crippen molar-refractivity contribution >= 4 is 12.9 Å². The lowest BCUT2D eigenvalue weighted by Crippen LogP contribution is -2.19. The standard InChI is InChI=1S/C16H19O6P/c1-2-13(10-3-5-11(17)6-4-10)16(19)14-9-12(18)7-8-15(14)23(20,21)22/h3-9,13,16-19H,2H2,1H3,(H2,20,21,22). The third-order valence-electron chi connectivity index (χ3n) is 3.79. The van der Waals surface area contributed by atoms with Crippen molar-refractivity contribution < 1.29 is 29.7 Å². The molecule has 0 radical (unpaired) electrons. The monoisotopic (exact) mass is 338 g/mol. The molecule has 2 atom stereocenters. The van der Waals surface area contributed by atoms with Gasteiger partial charge in [-0.15, -0.1) is 0 Å². The Morgan fingerprint density at radius 2 is 1.57 bits per heavy atom. The number of rotatable bonds is 5. The van der Waals surface area contributed by atoms with Gasteiger partial charge in [0.25, 0.3) is 0 Å². The second-order valence-corrected chi connectivity index (χ2v) is 6.91. The van der Waals surface area contributed by atoms with Gasteiger partial charge in [-0.2, -0.15) is 0 Å². The van der Waals surface area contributed by atoms with E-state index < -0.39 is 19.6 Å². The van der Waals surface area contributed by atoms with E-state index in [-0.39, 0.29) is 22.4 Å². The SMILES string of the molecule is CCC(c1ccc(O)cc1)C(O)c1cc(O)ccc1P(=O)(O)O. The molecule has 0 fully saturated rings. The van der Waals surface area contributed by atoms with Gasteiger partial charge in [0.1, 0.15) is 11.5 Å². The van der Waals surface area contributed by atoms with E-state index in [2.05, 4.69) is 0 Å². The zero-order valence-electron chi connectivity index (χ0n) is 12.5. The molecule has 0 aliphatic rings. The number of hydrogen-bond donors (Lipinski definition) is 5. The first kappa shape index (κ1) is 17.5. The smallest absolute Gasteiger partial charge is 0.356 e. The third kappa shape index (κ3) is 3.92. The number of phenols is 2. The second kappa shape index (κ2) is 6.72. The molecule has 23 heavy (non-hydrogen) atoms. The molecule has 124 valence electrons. The van der Waals surface area contributed by atoms with E-state index in [1.165, 1.54) is 24.3 Å². The largest absolute Gasteiger partial charge is 0.508 e. The van der Waals surface area contributed by atoms with E-state index in [9.17, 15) is 29.7 Å². The molecule has 0 heterocycles. The van der Waals surface area contributed by atoms with Gasteiger partial charge in [-0.3, -0.25) is 4.57 Å². The average molecular weight is 338 g/mol. The van der Waals surface area contributed by atoms with Crippen LogP contribution in [0.25, 0.3) is 0 Å². The number of aliphatic hydroxyl groups is 1. The molecule has 6 nitrogen and oxygen atoms in total. The molecule has 0 spiro atoms. The molecule has 0 aromatic heterocycles.